The third kappa shape index (κ3) is 3.10. The Balaban J connectivity index is 1.98. The Morgan fingerprint density at radius 1 is 1.44 bits per heavy atom. The van der Waals surface area contributed by atoms with Crippen molar-refractivity contribution in [2.24, 2.45) is 0 Å². The van der Waals surface area contributed by atoms with Crippen LogP contribution in [0.4, 0.5) is 11.5 Å². The number of nitrogens with two attached hydrogens (primary N) is 1. The number of nitrogens with zero attached hydrogens (tertiary/aromatic N) is 2. The maximum atomic E-state index is 11.8. The van der Waals surface area contributed by atoms with Crippen molar-refractivity contribution in [1.82, 2.24) is 9.78 Å². The van der Waals surface area contributed by atoms with E-state index < -0.39 is 0 Å². The Bertz CT molecular complexity index is 542. The molecule has 5 nitrogen and oxygen atoms in total. The second-order valence-electron chi connectivity index (χ2n) is 3.95. The monoisotopic (exact) mass is 308 g/mol. The molecule has 0 fully saturated rings. The number of nitrogen functional groups attached to an aromatic ring is 1. The van der Waals surface area contributed by atoms with E-state index in [9.17, 15) is 4.79 Å². The van der Waals surface area contributed by atoms with Gasteiger partial charge in [0, 0.05) is 21.9 Å². The second-order valence-corrected chi connectivity index (χ2v) is 4.87. The molecule has 6 heteroatoms. The van der Waals surface area contributed by atoms with Crippen LogP contribution in [-0.4, -0.2) is 15.7 Å². The number of nitrogens with one attached hydrogen (secondary N) is 1. The van der Waals surface area contributed by atoms with Gasteiger partial charge in [-0.1, -0.05) is 15.9 Å². The summed E-state index contributed by atoms with van der Waals surface area (Å²) in [4.78, 5) is 11.8. The van der Waals surface area contributed by atoms with Crippen LogP contribution in [0.3, 0.4) is 0 Å². The lowest BCUT2D eigenvalue weighted by molar-refractivity contribution is -0.116. The Morgan fingerprint density at radius 3 is 2.67 bits per heavy atom. The molecule has 1 aromatic heterocycles. The van der Waals surface area contributed by atoms with Crippen LogP contribution in [-0.2, 0) is 11.3 Å². The van der Waals surface area contributed by atoms with Gasteiger partial charge in [-0.2, -0.15) is 5.10 Å². The second kappa shape index (κ2) is 5.22. The van der Waals surface area contributed by atoms with Crippen molar-refractivity contribution in [3.05, 3.63) is 40.5 Å². The van der Waals surface area contributed by atoms with Crippen molar-refractivity contribution in [3.8, 4) is 0 Å². The molecule has 1 heterocycles. The van der Waals surface area contributed by atoms with Gasteiger partial charge in [0.05, 0.1) is 0 Å². The zero-order chi connectivity index (χ0) is 13.1. The van der Waals surface area contributed by atoms with Crippen LogP contribution < -0.4 is 11.1 Å². The number of aryl methyl sites for hydroxylation is 1. The smallest absolute Gasteiger partial charge is 0.246 e. The van der Waals surface area contributed by atoms with Crippen molar-refractivity contribution in [2.45, 2.75) is 13.5 Å². The molecule has 0 aliphatic carbocycles. The van der Waals surface area contributed by atoms with E-state index in [0.29, 0.717) is 5.82 Å². The van der Waals surface area contributed by atoms with E-state index in [2.05, 4.69) is 26.3 Å². The molecule has 94 valence electrons. The number of anilines is 2. The number of aromatic nitrogens is 2. The minimum absolute atomic E-state index is 0.139. The summed E-state index contributed by atoms with van der Waals surface area (Å²) in [5.74, 6) is 0.311. The zero-order valence-corrected chi connectivity index (χ0v) is 11.4. The van der Waals surface area contributed by atoms with Gasteiger partial charge < -0.3 is 11.1 Å². The minimum Gasteiger partial charge on any atom is -0.382 e. The van der Waals surface area contributed by atoms with Gasteiger partial charge in [-0.05, 0) is 31.2 Å². The normalized spacial score (nSPS) is 10.3. The molecule has 0 saturated heterocycles. The minimum atomic E-state index is -0.139. The van der Waals surface area contributed by atoms with Crippen molar-refractivity contribution >= 4 is 33.3 Å². The third-order valence-corrected chi connectivity index (χ3v) is 2.95. The zero-order valence-electron chi connectivity index (χ0n) is 9.85. The molecular weight excluding hydrogens is 296 g/mol. The number of rotatable bonds is 3. The lowest BCUT2D eigenvalue weighted by atomic mass is 10.3. The maximum Gasteiger partial charge on any atom is 0.246 e. The van der Waals surface area contributed by atoms with Crippen LogP contribution in [0, 0.1) is 6.92 Å². The number of hydrogen-bond acceptors (Lipinski definition) is 3. The molecule has 0 spiro atoms. The van der Waals surface area contributed by atoms with Crippen LogP contribution in [0.15, 0.2) is 34.9 Å². The predicted octanol–water partition coefficient (Wildman–Crippen LogP) is 2.17. The number of carbonyl (C=O) groups is 1. The van der Waals surface area contributed by atoms with Gasteiger partial charge in [0.2, 0.25) is 5.91 Å². The molecule has 18 heavy (non-hydrogen) atoms. The van der Waals surface area contributed by atoms with E-state index in [1.54, 1.807) is 6.20 Å². The van der Waals surface area contributed by atoms with Crippen molar-refractivity contribution in [1.29, 1.82) is 0 Å². The van der Waals surface area contributed by atoms with Gasteiger partial charge in [-0.15, -0.1) is 0 Å². The first-order valence-corrected chi connectivity index (χ1v) is 6.19. The van der Waals surface area contributed by atoms with Crippen molar-refractivity contribution in [3.63, 3.8) is 0 Å². The van der Waals surface area contributed by atoms with Gasteiger partial charge in [0.1, 0.15) is 12.4 Å². The molecule has 0 aliphatic heterocycles. The lowest BCUT2D eigenvalue weighted by Crippen LogP contribution is -2.19. The molecule has 0 aliphatic rings. The highest BCUT2D eigenvalue weighted by Gasteiger charge is 2.06. The SMILES string of the molecule is Cc1cn(CC(=O)Nc2ccc(Br)cc2)nc1N. The standard InChI is InChI=1S/C12H13BrN4O/c1-8-6-17(16-12(8)14)7-11(18)15-10-4-2-9(13)3-5-10/h2-6H,7H2,1H3,(H2,14,16)(H,15,18). The summed E-state index contributed by atoms with van der Waals surface area (Å²) in [5, 5.41) is 6.82. The van der Waals surface area contributed by atoms with Gasteiger partial charge in [0.15, 0.2) is 0 Å². The maximum absolute atomic E-state index is 11.8. The first kappa shape index (κ1) is 12.6. The molecule has 2 aromatic rings. The number of amides is 1. The average Bonchev–Trinajstić information content (AvgIpc) is 2.61. The van der Waals surface area contributed by atoms with Crippen LogP contribution >= 0.6 is 15.9 Å². The van der Waals surface area contributed by atoms with E-state index in [0.717, 1.165) is 15.7 Å². The highest BCUT2D eigenvalue weighted by atomic mass is 79.9. The number of halogens is 1. The van der Waals surface area contributed by atoms with E-state index in [1.165, 1.54) is 4.68 Å². The van der Waals surface area contributed by atoms with Gasteiger partial charge in [-0.25, -0.2) is 0 Å². The van der Waals surface area contributed by atoms with Crippen LogP contribution in [0.2, 0.25) is 0 Å². The third-order valence-electron chi connectivity index (χ3n) is 2.42. The molecule has 0 radical (unpaired) electrons. The fourth-order valence-corrected chi connectivity index (χ4v) is 1.76. The van der Waals surface area contributed by atoms with E-state index in [1.807, 2.05) is 31.2 Å². The fraction of sp³-hybridized carbons (Fsp3) is 0.167. The molecular formula is C12H13BrN4O. The average molecular weight is 309 g/mol. The van der Waals surface area contributed by atoms with Crippen LogP contribution in [0.5, 0.6) is 0 Å². The van der Waals surface area contributed by atoms with Crippen molar-refractivity contribution in [2.75, 3.05) is 11.1 Å². The topological polar surface area (TPSA) is 72.9 Å². The Labute approximate surface area is 113 Å². The molecule has 2 rings (SSSR count). The fourth-order valence-electron chi connectivity index (χ4n) is 1.50. The largest absolute Gasteiger partial charge is 0.382 e. The van der Waals surface area contributed by atoms with Gasteiger partial charge >= 0.3 is 0 Å². The summed E-state index contributed by atoms with van der Waals surface area (Å²) in [6.07, 6.45) is 1.75. The van der Waals surface area contributed by atoms with E-state index in [4.69, 9.17) is 5.73 Å². The number of benzene rings is 1. The molecule has 3 N–H and O–H groups in total. The number of carbonyl (C=O) groups excluding carboxylic acids is 1. The van der Waals surface area contributed by atoms with Crippen molar-refractivity contribution < 1.29 is 4.79 Å². The Hall–Kier alpha value is -1.82. The summed E-state index contributed by atoms with van der Waals surface area (Å²) in [7, 11) is 0. The van der Waals surface area contributed by atoms with Gasteiger partial charge in [-0.3, -0.25) is 9.48 Å². The predicted molar refractivity (Wildman–Crippen MR) is 74.1 cm³/mol. The molecule has 0 atom stereocenters. The van der Waals surface area contributed by atoms with E-state index in [-0.39, 0.29) is 12.5 Å². The summed E-state index contributed by atoms with van der Waals surface area (Å²) in [6, 6.07) is 7.38. The van der Waals surface area contributed by atoms with E-state index >= 15 is 0 Å². The number of hydrogen-bond donors (Lipinski definition) is 2. The first-order chi connectivity index (χ1) is 8.54. The highest BCUT2D eigenvalue weighted by molar-refractivity contribution is 9.10. The Morgan fingerprint density at radius 2 is 2.11 bits per heavy atom. The molecule has 0 saturated carbocycles. The lowest BCUT2D eigenvalue weighted by Gasteiger charge is -2.05. The quantitative estimate of drug-likeness (QED) is 0.912. The summed E-state index contributed by atoms with van der Waals surface area (Å²) in [5.41, 5.74) is 7.23. The highest BCUT2D eigenvalue weighted by Crippen LogP contribution is 2.14. The Kier molecular flexibility index (Phi) is 3.66. The molecule has 0 unspecified atom stereocenters. The van der Waals surface area contributed by atoms with Crippen LogP contribution in [0.1, 0.15) is 5.56 Å². The molecule has 1 amide bonds. The summed E-state index contributed by atoms with van der Waals surface area (Å²) < 4.78 is 2.50. The molecule has 0 bridgehead atoms. The first-order valence-electron chi connectivity index (χ1n) is 5.39. The van der Waals surface area contributed by atoms with Crippen LogP contribution in [0.25, 0.3) is 0 Å². The summed E-state index contributed by atoms with van der Waals surface area (Å²) >= 11 is 3.34. The molecule has 1 aromatic carbocycles. The summed E-state index contributed by atoms with van der Waals surface area (Å²) in [6.45, 7) is 2.00. The van der Waals surface area contributed by atoms with Gasteiger partial charge in [0.25, 0.3) is 0 Å².